The van der Waals surface area contributed by atoms with E-state index in [1.807, 2.05) is 19.9 Å². The number of aromatic nitrogens is 3. The minimum absolute atomic E-state index is 0.212. The summed E-state index contributed by atoms with van der Waals surface area (Å²) in [5, 5.41) is 9.84. The maximum Gasteiger partial charge on any atom is 0.320 e. The molecular formula is C17H14F2N4S. The smallest absolute Gasteiger partial charge is 0.269 e. The predicted octanol–water partition coefficient (Wildman–Crippen LogP) is 4.61. The summed E-state index contributed by atoms with van der Waals surface area (Å²) in [7, 11) is 0. The van der Waals surface area contributed by atoms with E-state index in [1.54, 1.807) is 24.3 Å². The van der Waals surface area contributed by atoms with E-state index in [-0.39, 0.29) is 11.6 Å². The average Bonchev–Trinajstić information content (AvgIpc) is 2.91. The molecule has 3 rings (SSSR count). The lowest BCUT2D eigenvalue weighted by Gasteiger charge is -2.09. The molecule has 4 nitrogen and oxygen atoms in total. The predicted molar refractivity (Wildman–Crippen MR) is 89.0 cm³/mol. The van der Waals surface area contributed by atoms with Gasteiger partial charge < -0.3 is 0 Å². The number of imidazole rings is 1. The Labute approximate surface area is 142 Å². The van der Waals surface area contributed by atoms with E-state index in [9.17, 15) is 14.0 Å². The summed E-state index contributed by atoms with van der Waals surface area (Å²) in [5.74, 6) is 0.477. The Morgan fingerprint density at radius 2 is 2.00 bits per heavy atom. The molecule has 0 fully saturated rings. The summed E-state index contributed by atoms with van der Waals surface area (Å²) in [6.45, 7) is 1.01. The van der Waals surface area contributed by atoms with Gasteiger partial charge in [0.25, 0.3) is 0 Å². The zero-order chi connectivity index (χ0) is 17.3. The van der Waals surface area contributed by atoms with Crippen molar-refractivity contribution in [3.8, 4) is 6.07 Å². The second-order valence-corrected chi connectivity index (χ2v) is 6.29. The summed E-state index contributed by atoms with van der Waals surface area (Å²) in [6, 6.07) is 10.8. The summed E-state index contributed by atoms with van der Waals surface area (Å²) < 4.78 is 27.8. The molecule has 0 aliphatic carbocycles. The number of alkyl halides is 2. The number of para-hydroxylation sites is 2. The highest BCUT2D eigenvalue weighted by Crippen LogP contribution is 2.30. The second kappa shape index (κ2) is 6.57. The molecule has 0 unspecified atom stereocenters. The third-order valence-electron chi connectivity index (χ3n) is 3.63. The van der Waals surface area contributed by atoms with E-state index in [0.29, 0.717) is 21.6 Å². The molecular weight excluding hydrogens is 330 g/mol. The fourth-order valence-corrected chi connectivity index (χ4v) is 3.62. The number of aryl methyl sites for hydroxylation is 2. The number of benzene rings is 1. The van der Waals surface area contributed by atoms with Crippen LogP contribution in [-0.4, -0.2) is 14.5 Å². The van der Waals surface area contributed by atoms with Crippen molar-refractivity contribution in [3.05, 3.63) is 53.0 Å². The van der Waals surface area contributed by atoms with Crippen molar-refractivity contribution in [1.82, 2.24) is 14.5 Å². The molecule has 0 spiro atoms. The Balaban J connectivity index is 1.98. The van der Waals surface area contributed by atoms with Gasteiger partial charge in [0, 0.05) is 5.69 Å². The molecule has 0 N–H and O–H groups in total. The molecule has 0 saturated heterocycles. The van der Waals surface area contributed by atoms with Gasteiger partial charge in [0.1, 0.15) is 16.9 Å². The van der Waals surface area contributed by atoms with E-state index in [0.717, 1.165) is 15.8 Å². The Kier molecular flexibility index (Phi) is 4.49. The monoisotopic (exact) mass is 344 g/mol. The first kappa shape index (κ1) is 16.4. The fourth-order valence-electron chi connectivity index (χ4n) is 2.59. The molecule has 0 aliphatic rings. The summed E-state index contributed by atoms with van der Waals surface area (Å²) in [5.41, 5.74) is 3.02. The highest BCUT2D eigenvalue weighted by molar-refractivity contribution is 7.98. The molecule has 24 heavy (non-hydrogen) atoms. The van der Waals surface area contributed by atoms with Crippen LogP contribution in [-0.2, 0) is 5.75 Å². The van der Waals surface area contributed by atoms with Gasteiger partial charge in [-0.1, -0.05) is 23.9 Å². The topological polar surface area (TPSA) is 54.5 Å². The molecule has 0 aliphatic heterocycles. The summed E-state index contributed by atoms with van der Waals surface area (Å²) in [6.07, 6.45) is 0. The van der Waals surface area contributed by atoms with Gasteiger partial charge in [0.15, 0.2) is 0 Å². The van der Waals surface area contributed by atoms with E-state index < -0.39 is 6.55 Å². The Morgan fingerprint density at radius 3 is 2.71 bits per heavy atom. The molecule has 3 aromatic rings. The number of halogens is 2. The first-order valence-corrected chi connectivity index (χ1v) is 8.25. The van der Waals surface area contributed by atoms with E-state index >= 15 is 0 Å². The normalized spacial score (nSPS) is 11.2. The first-order valence-electron chi connectivity index (χ1n) is 7.26. The van der Waals surface area contributed by atoms with Crippen molar-refractivity contribution in [2.45, 2.75) is 31.2 Å². The number of rotatable bonds is 4. The molecule has 2 heterocycles. The molecule has 2 aromatic heterocycles. The maximum atomic E-state index is 13.4. The first-order chi connectivity index (χ1) is 11.5. The van der Waals surface area contributed by atoms with Crippen molar-refractivity contribution in [2.75, 3.05) is 0 Å². The standard InChI is InChI=1S/C17H14F2N4S/c1-10-7-11(2)21-16(12(10)8-20)24-9-15-22-13-5-3-4-6-14(13)23(15)17(18)19/h3-7,17H,9H2,1-2H3. The quantitative estimate of drug-likeness (QED) is 0.649. The Bertz CT molecular complexity index is 944. The van der Waals surface area contributed by atoms with Gasteiger partial charge in [-0.05, 0) is 37.6 Å². The SMILES string of the molecule is Cc1cc(C)c(C#N)c(SCc2nc3ccccc3n2C(F)F)n1. The number of hydrogen-bond acceptors (Lipinski definition) is 4. The Morgan fingerprint density at radius 1 is 1.25 bits per heavy atom. The molecule has 0 radical (unpaired) electrons. The lowest BCUT2D eigenvalue weighted by atomic mass is 10.1. The van der Waals surface area contributed by atoms with E-state index in [2.05, 4.69) is 16.0 Å². The van der Waals surface area contributed by atoms with Crippen LogP contribution in [0.3, 0.4) is 0 Å². The van der Waals surface area contributed by atoms with Gasteiger partial charge >= 0.3 is 6.55 Å². The van der Waals surface area contributed by atoms with Gasteiger partial charge in [0.2, 0.25) is 0 Å². The molecule has 0 atom stereocenters. The van der Waals surface area contributed by atoms with Gasteiger partial charge in [-0.25, -0.2) is 9.97 Å². The number of thioether (sulfide) groups is 1. The fraction of sp³-hybridized carbons (Fsp3) is 0.235. The molecule has 0 bridgehead atoms. The zero-order valence-corrected chi connectivity index (χ0v) is 13.9. The average molecular weight is 344 g/mol. The minimum atomic E-state index is -2.67. The van der Waals surface area contributed by atoms with E-state index in [4.69, 9.17) is 0 Å². The van der Waals surface area contributed by atoms with Crippen molar-refractivity contribution < 1.29 is 8.78 Å². The number of pyridine rings is 1. The molecule has 0 amide bonds. The van der Waals surface area contributed by atoms with Crippen molar-refractivity contribution in [3.63, 3.8) is 0 Å². The van der Waals surface area contributed by atoms with E-state index in [1.165, 1.54) is 11.8 Å². The van der Waals surface area contributed by atoms with Crippen LogP contribution < -0.4 is 0 Å². The second-order valence-electron chi connectivity index (χ2n) is 5.33. The largest absolute Gasteiger partial charge is 0.320 e. The zero-order valence-electron chi connectivity index (χ0n) is 13.1. The number of hydrogen-bond donors (Lipinski definition) is 0. The third-order valence-corrected chi connectivity index (χ3v) is 4.60. The summed E-state index contributed by atoms with van der Waals surface area (Å²) in [4.78, 5) is 8.67. The molecule has 122 valence electrons. The highest BCUT2D eigenvalue weighted by atomic mass is 32.2. The van der Waals surface area contributed by atoms with Gasteiger partial charge in [-0.3, -0.25) is 4.57 Å². The number of nitrogens with zero attached hydrogens (tertiary/aromatic N) is 4. The third kappa shape index (κ3) is 2.97. The summed E-state index contributed by atoms with van der Waals surface area (Å²) >= 11 is 1.25. The van der Waals surface area contributed by atoms with Gasteiger partial charge in [-0.2, -0.15) is 14.0 Å². The van der Waals surface area contributed by atoms with Crippen LogP contribution in [0, 0.1) is 25.2 Å². The minimum Gasteiger partial charge on any atom is -0.269 e. The van der Waals surface area contributed by atoms with Crippen LogP contribution in [0.1, 0.15) is 29.2 Å². The number of nitriles is 1. The van der Waals surface area contributed by atoms with Crippen molar-refractivity contribution in [2.24, 2.45) is 0 Å². The van der Waals surface area contributed by atoms with Crippen LogP contribution in [0.5, 0.6) is 0 Å². The van der Waals surface area contributed by atoms with Crippen LogP contribution in [0.4, 0.5) is 8.78 Å². The van der Waals surface area contributed by atoms with Crippen LogP contribution in [0.25, 0.3) is 11.0 Å². The van der Waals surface area contributed by atoms with Crippen LogP contribution in [0.2, 0.25) is 0 Å². The lowest BCUT2D eigenvalue weighted by molar-refractivity contribution is 0.0722. The number of fused-ring (bicyclic) bond motifs is 1. The van der Waals surface area contributed by atoms with Gasteiger partial charge in [0.05, 0.1) is 22.3 Å². The van der Waals surface area contributed by atoms with Crippen molar-refractivity contribution in [1.29, 1.82) is 5.26 Å². The Hall–Kier alpha value is -2.46. The highest BCUT2D eigenvalue weighted by Gasteiger charge is 2.18. The maximum absolute atomic E-state index is 13.4. The lowest BCUT2D eigenvalue weighted by Crippen LogP contribution is -2.04. The molecule has 7 heteroatoms. The molecule has 1 aromatic carbocycles. The molecule has 0 saturated carbocycles. The van der Waals surface area contributed by atoms with Crippen LogP contribution in [0.15, 0.2) is 35.4 Å². The van der Waals surface area contributed by atoms with Crippen LogP contribution >= 0.6 is 11.8 Å². The van der Waals surface area contributed by atoms with Crippen molar-refractivity contribution >= 4 is 22.8 Å². The van der Waals surface area contributed by atoms with Gasteiger partial charge in [-0.15, -0.1) is 0 Å².